The molecule has 0 saturated carbocycles. The monoisotopic (exact) mass is 429 g/mol. The molecule has 0 bridgehead atoms. The average molecular weight is 430 g/mol. The summed E-state index contributed by atoms with van der Waals surface area (Å²) in [5.41, 5.74) is 4.31. The second-order valence-corrected chi connectivity index (χ2v) is 9.83. The molecule has 0 unspecified atom stereocenters. The van der Waals surface area contributed by atoms with E-state index in [1.807, 2.05) is 37.0 Å². The predicted octanol–water partition coefficient (Wildman–Crippen LogP) is 5.39. The molecule has 6 heteroatoms. The van der Waals surface area contributed by atoms with E-state index in [4.69, 9.17) is 4.98 Å². The quantitative estimate of drug-likeness (QED) is 0.513. The third-order valence-electron chi connectivity index (χ3n) is 5.13. The molecule has 1 N–H and O–H groups in total. The lowest BCUT2D eigenvalue weighted by molar-refractivity contribution is 0.600. The van der Waals surface area contributed by atoms with Crippen molar-refractivity contribution in [2.24, 2.45) is 0 Å². The van der Waals surface area contributed by atoms with Gasteiger partial charge in [-0.25, -0.2) is 13.4 Å². The van der Waals surface area contributed by atoms with Gasteiger partial charge in [-0.15, -0.1) is 0 Å². The molecular formula is C24H35N3O2S. The Balaban J connectivity index is 2.36. The molecule has 0 amide bonds. The van der Waals surface area contributed by atoms with Crippen molar-refractivity contribution >= 4 is 32.2 Å². The maximum absolute atomic E-state index is 12.7. The van der Waals surface area contributed by atoms with Gasteiger partial charge in [0.1, 0.15) is 5.82 Å². The second kappa shape index (κ2) is 10.6. The average Bonchev–Trinajstić information content (AvgIpc) is 2.69. The topological polar surface area (TPSA) is 62.3 Å². The first-order valence-electron chi connectivity index (χ1n) is 10.7. The highest BCUT2D eigenvalue weighted by atomic mass is 32.2. The van der Waals surface area contributed by atoms with Crippen LogP contribution in [0, 0.1) is 13.8 Å². The Morgan fingerprint density at radius 3 is 2.53 bits per heavy atom. The van der Waals surface area contributed by atoms with Crippen molar-refractivity contribution in [2.75, 3.05) is 35.6 Å². The number of sulfone groups is 1. The minimum Gasteiger partial charge on any atom is -0.385 e. The number of fused-ring (bicyclic) bond motifs is 1. The van der Waals surface area contributed by atoms with Gasteiger partial charge in [-0.05, 0) is 58.7 Å². The number of anilines is 2. The molecule has 1 aromatic heterocycles. The number of aryl methyl sites for hydroxylation is 2. The molecule has 0 aliphatic rings. The number of nitrogens with zero attached hydrogens (tertiary/aromatic N) is 2. The molecule has 1 aromatic carbocycles. The van der Waals surface area contributed by atoms with Crippen molar-refractivity contribution in [2.45, 2.75) is 48.0 Å². The molecule has 0 atom stereocenters. The lowest BCUT2D eigenvalue weighted by Crippen LogP contribution is -2.30. The summed E-state index contributed by atoms with van der Waals surface area (Å²) in [6.45, 7) is 13.8. The Bertz CT molecular complexity index is 1040. The van der Waals surface area contributed by atoms with Crippen LogP contribution in [0.2, 0.25) is 0 Å². The van der Waals surface area contributed by atoms with Crippen molar-refractivity contribution in [1.82, 2.24) is 4.98 Å². The van der Waals surface area contributed by atoms with Gasteiger partial charge in [0.15, 0.2) is 9.84 Å². The van der Waals surface area contributed by atoms with E-state index in [-0.39, 0.29) is 5.75 Å². The molecule has 0 aliphatic heterocycles. The molecular weight excluding hydrogens is 394 g/mol. The Hall–Kier alpha value is -2.34. The summed E-state index contributed by atoms with van der Waals surface area (Å²) in [6, 6.07) is 6.32. The fourth-order valence-corrected chi connectivity index (χ4v) is 4.50. The summed E-state index contributed by atoms with van der Waals surface area (Å²) in [4.78, 5) is 7.33. The van der Waals surface area contributed by atoms with Crippen LogP contribution in [-0.4, -0.2) is 38.8 Å². The molecule has 2 aromatic rings. The second-order valence-electron chi connectivity index (χ2n) is 7.55. The number of rotatable bonds is 10. The summed E-state index contributed by atoms with van der Waals surface area (Å²) in [6.07, 6.45) is 6.32. The number of aromatic nitrogens is 1. The van der Waals surface area contributed by atoms with Crippen LogP contribution in [0.3, 0.4) is 0 Å². The Kier molecular flexibility index (Phi) is 8.47. The molecule has 0 aliphatic carbocycles. The zero-order valence-electron chi connectivity index (χ0n) is 19.1. The van der Waals surface area contributed by atoms with E-state index >= 15 is 0 Å². The number of benzene rings is 1. The number of hydrogen-bond donors (Lipinski definition) is 1. The summed E-state index contributed by atoms with van der Waals surface area (Å²) in [7, 11) is -3.31. The zero-order chi connectivity index (χ0) is 22.3. The highest BCUT2D eigenvalue weighted by Gasteiger charge is 2.18. The maximum Gasteiger partial charge on any atom is 0.176 e. The molecule has 0 fully saturated rings. The van der Waals surface area contributed by atoms with Crippen molar-refractivity contribution in [3.8, 4) is 0 Å². The fraction of sp³-hybridized carbons (Fsp3) is 0.458. The first-order valence-corrected chi connectivity index (χ1v) is 12.4. The van der Waals surface area contributed by atoms with E-state index in [1.54, 1.807) is 13.0 Å². The number of pyridine rings is 1. The minimum atomic E-state index is -3.31. The van der Waals surface area contributed by atoms with Crippen molar-refractivity contribution < 1.29 is 8.42 Å². The highest BCUT2D eigenvalue weighted by molar-refractivity contribution is 7.95. The van der Waals surface area contributed by atoms with E-state index in [0.29, 0.717) is 18.0 Å². The van der Waals surface area contributed by atoms with Crippen LogP contribution in [0.4, 0.5) is 11.5 Å². The summed E-state index contributed by atoms with van der Waals surface area (Å²) < 4.78 is 25.4. The van der Waals surface area contributed by atoms with E-state index in [2.05, 4.69) is 38.2 Å². The molecule has 0 saturated heterocycles. The maximum atomic E-state index is 12.7. The normalized spacial score (nSPS) is 12.7. The summed E-state index contributed by atoms with van der Waals surface area (Å²) in [5, 5.41) is 4.54. The van der Waals surface area contributed by atoms with E-state index in [1.165, 1.54) is 5.56 Å². The zero-order valence-corrected chi connectivity index (χ0v) is 19.9. The van der Waals surface area contributed by atoms with Crippen molar-refractivity contribution in [3.05, 3.63) is 52.5 Å². The Labute approximate surface area is 181 Å². The van der Waals surface area contributed by atoms with Gasteiger partial charge in [-0.3, -0.25) is 0 Å². The molecule has 0 radical (unpaired) electrons. The van der Waals surface area contributed by atoms with Crippen LogP contribution >= 0.6 is 0 Å². The van der Waals surface area contributed by atoms with E-state index in [0.717, 1.165) is 40.9 Å². The molecule has 164 valence electrons. The van der Waals surface area contributed by atoms with Gasteiger partial charge in [0.05, 0.1) is 11.3 Å². The molecule has 0 spiro atoms. The SMILES string of the molecule is CCC=CC=C(C)S(=O)(=O)CCN(CC)c1cc(NCC)c2cc(C)cc(C)c2n1. The predicted molar refractivity (Wildman–Crippen MR) is 130 cm³/mol. The standard InChI is InChI=1S/C24H35N3O2S/c1-7-10-11-12-20(6)30(28,29)14-13-27(9-3)23-17-22(25-8-2)21-16-18(4)15-19(5)24(21)26-23/h10-12,15-17H,7-9,13-14H2,1-6H3,(H,25,26). The summed E-state index contributed by atoms with van der Waals surface area (Å²) in [5.74, 6) is 0.863. The van der Waals surface area contributed by atoms with Crippen molar-refractivity contribution in [3.63, 3.8) is 0 Å². The van der Waals surface area contributed by atoms with Crippen molar-refractivity contribution in [1.29, 1.82) is 0 Å². The van der Waals surface area contributed by atoms with Crippen LogP contribution in [-0.2, 0) is 9.84 Å². The largest absolute Gasteiger partial charge is 0.385 e. The van der Waals surface area contributed by atoms with E-state index < -0.39 is 9.84 Å². The number of nitrogens with one attached hydrogen (secondary N) is 1. The fourth-order valence-electron chi connectivity index (χ4n) is 3.44. The number of hydrogen-bond acceptors (Lipinski definition) is 5. The van der Waals surface area contributed by atoms with Gasteiger partial charge in [-0.1, -0.05) is 30.7 Å². The first-order chi connectivity index (χ1) is 14.2. The third kappa shape index (κ3) is 5.85. The van der Waals surface area contributed by atoms with Gasteiger partial charge in [0.25, 0.3) is 0 Å². The minimum absolute atomic E-state index is 0.0618. The Morgan fingerprint density at radius 2 is 1.90 bits per heavy atom. The van der Waals surface area contributed by atoms with Crippen LogP contribution < -0.4 is 10.2 Å². The lowest BCUT2D eigenvalue weighted by atomic mass is 10.1. The van der Waals surface area contributed by atoms with Crippen LogP contribution in [0.1, 0.15) is 45.2 Å². The van der Waals surface area contributed by atoms with Crippen LogP contribution in [0.25, 0.3) is 10.9 Å². The first kappa shape index (κ1) is 23.9. The lowest BCUT2D eigenvalue weighted by Gasteiger charge is -2.24. The Morgan fingerprint density at radius 1 is 1.17 bits per heavy atom. The number of allylic oxidation sites excluding steroid dienone is 4. The smallest absolute Gasteiger partial charge is 0.176 e. The van der Waals surface area contributed by atoms with Crippen LogP contribution in [0.5, 0.6) is 0 Å². The molecule has 30 heavy (non-hydrogen) atoms. The van der Waals surface area contributed by atoms with Crippen LogP contribution in [0.15, 0.2) is 41.3 Å². The van der Waals surface area contributed by atoms with Gasteiger partial charge in [0, 0.05) is 41.7 Å². The van der Waals surface area contributed by atoms with Gasteiger partial charge in [0.2, 0.25) is 0 Å². The van der Waals surface area contributed by atoms with E-state index in [9.17, 15) is 8.42 Å². The van der Waals surface area contributed by atoms with Gasteiger partial charge < -0.3 is 10.2 Å². The molecule has 1 heterocycles. The van der Waals surface area contributed by atoms with Gasteiger partial charge in [-0.2, -0.15) is 0 Å². The third-order valence-corrected chi connectivity index (χ3v) is 6.97. The molecule has 5 nitrogen and oxygen atoms in total. The summed E-state index contributed by atoms with van der Waals surface area (Å²) >= 11 is 0. The molecule has 2 rings (SSSR count). The van der Waals surface area contributed by atoms with Gasteiger partial charge >= 0.3 is 0 Å². The highest BCUT2D eigenvalue weighted by Crippen LogP contribution is 2.30.